The topological polar surface area (TPSA) is 42.0 Å². The molecule has 27 heavy (non-hydrogen) atoms. The molecule has 3 nitrogen and oxygen atoms in total. The highest BCUT2D eigenvalue weighted by Gasteiger charge is 2.05. The average Bonchev–Trinajstić information content (AvgIpc) is 3.20. The minimum absolute atomic E-state index is 0.0149. The number of nitrogens with zero attached hydrogens (tertiary/aromatic N) is 1. The summed E-state index contributed by atoms with van der Waals surface area (Å²) in [4.78, 5) is 17.7. The Morgan fingerprint density at radius 3 is 2.70 bits per heavy atom. The van der Waals surface area contributed by atoms with E-state index in [9.17, 15) is 4.79 Å². The lowest BCUT2D eigenvalue weighted by atomic mass is 10.1. The molecule has 0 bridgehead atoms. The van der Waals surface area contributed by atoms with E-state index in [0.717, 1.165) is 27.2 Å². The van der Waals surface area contributed by atoms with E-state index in [2.05, 4.69) is 10.3 Å². The maximum absolute atomic E-state index is 12.3. The van der Waals surface area contributed by atoms with E-state index < -0.39 is 0 Å². The largest absolute Gasteiger partial charge is 0.355 e. The summed E-state index contributed by atoms with van der Waals surface area (Å²) in [5.74, 6) is -0.0149. The zero-order valence-electron chi connectivity index (χ0n) is 14.2. The summed E-state index contributed by atoms with van der Waals surface area (Å²) in [5.41, 5.74) is 3.32. The van der Waals surface area contributed by atoms with Gasteiger partial charge in [-0.3, -0.25) is 9.78 Å². The van der Waals surface area contributed by atoms with Crippen LogP contribution in [0.4, 0.5) is 11.4 Å². The number of thiophene rings is 1. The average molecular weight is 391 g/mol. The van der Waals surface area contributed by atoms with Gasteiger partial charge in [0.2, 0.25) is 0 Å². The van der Waals surface area contributed by atoms with Gasteiger partial charge < -0.3 is 5.32 Å². The lowest BCUT2D eigenvalue weighted by Gasteiger charge is -2.10. The molecule has 4 aromatic rings. The first-order valence-electron chi connectivity index (χ1n) is 8.36. The highest BCUT2D eigenvalue weighted by molar-refractivity contribution is 7.10. The third kappa shape index (κ3) is 4.08. The van der Waals surface area contributed by atoms with Crippen LogP contribution in [0.2, 0.25) is 5.02 Å². The van der Waals surface area contributed by atoms with Gasteiger partial charge in [0, 0.05) is 38.4 Å². The Labute approximate surface area is 166 Å². The number of carbonyl (C=O) groups excluding carboxylic acids is 1. The number of hydrogen-bond acceptors (Lipinski definition) is 4. The second-order valence-electron chi connectivity index (χ2n) is 5.94. The van der Waals surface area contributed by atoms with Crippen molar-refractivity contribution < 1.29 is 4.79 Å². The first-order chi connectivity index (χ1) is 13.2. The van der Waals surface area contributed by atoms with Crippen LogP contribution in [0.1, 0.15) is 15.2 Å². The zero-order valence-corrected chi connectivity index (χ0v) is 15.8. The van der Waals surface area contributed by atoms with Crippen LogP contribution in [0.15, 0.2) is 78.3 Å². The lowest BCUT2D eigenvalue weighted by Crippen LogP contribution is -1.96. The standard InChI is InChI=1S/C22H15ClN2OS/c23-16-5-9-19-20(11-12-24-21(19)14-16)25-17-6-3-15(4-7-17)22(26)10-8-18-2-1-13-27-18/h1-14H,(H,24,25)/b10-8+. The van der Waals surface area contributed by atoms with Crippen molar-refractivity contribution in [2.45, 2.75) is 0 Å². The monoisotopic (exact) mass is 390 g/mol. The lowest BCUT2D eigenvalue weighted by molar-refractivity contribution is 0.104. The molecule has 0 saturated heterocycles. The molecular formula is C22H15ClN2OS. The number of allylic oxidation sites excluding steroid dienone is 1. The Kier molecular flexibility index (Phi) is 5.01. The predicted molar refractivity (Wildman–Crippen MR) is 114 cm³/mol. The summed E-state index contributed by atoms with van der Waals surface area (Å²) in [6, 6.07) is 18.9. The van der Waals surface area contributed by atoms with Crippen molar-refractivity contribution in [3.8, 4) is 0 Å². The van der Waals surface area contributed by atoms with Gasteiger partial charge >= 0.3 is 0 Å². The van der Waals surface area contributed by atoms with Gasteiger partial charge in [-0.1, -0.05) is 17.7 Å². The number of ketones is 1. The highest BCUT2D eigenvalue weighted by Crippen LogP contribution is 2.27. The van der Waals surface area contributed by atoms with Crippen LogP contribution in [0, 0.1) is 0 Å². The van der Waals surface area contributed by atoms with Gasteiger partial charge in [0.1, 0.15) is 0 Å². The van der Waals surface area contributed by atoms with Gasteiger partial charge in [0.25, 0.3) is 0 Å². The molecule has 0 amide bonds. The Hall–Kier alpha value is -2.95. The molecule has 0 aliphatic heterocycles. The van der Waals surface area contributed by atoms with Gasteiger partial charge in [-0.15, -0.1) is 11.3 Å². The molecule has 0 saturated carbocycles. The summed E-state index contributed by atoms with van der Waals surface area (Å²) >= 11 is 7.64. The number of anilines is 2. The molecule has 2 heterocycles. The molecule has 2 aromatic carbocycles. The van der Waals surface area contributed by atoms with Crippen LogP contribution in [-0.2, 0) is 0 Å². The van der Waals surface area contributed by atoms with E-state index in [4.69, 9.17) is 11.6 Å². The first-order valence-corrected chi connectivity index (χ1v) is 9.62. The fraction of sp³-hybridized carbons (Fsp3) is 0. The molecule has 0 aliphatic carbocycles. The van der Waals surface area contributed by atoms with Crippen molar-refractivity contribution in [2.24, 2.45) is 0 Å². The number of rotatable bonds is 5. The molecular weight excluding hydrogens is 376 g/mol. The van der Waals surface area contributed by atoms with Crippen molar-refractivity contribution >= 4 is 57.1 Å². The molecule has 2 aromatic heterocycles. The van der Waals surface area contributed by atoms with Crippen molar-refractivity contribution in [1.82, 2.24) is 4.98 Å². The van der Waals surface area contributed by atoms with Gasteiger partial charge in [0.05, 0.1) is 5.52 Å². The van der Waals surface area contributed by atoms with Gasteiger partial charge in [0.15, 0.2) is 5.78 Å². The third-order valence-corrected chi connectivity index (χ3v) is 5.17. The van der Waals surface area contributed by atoms with E-state index >= 15 is 0 Å². The van der Waals surface area contributed by atoms with Crippen LogP contribution < -0.4 is 5.32 Å². The number of nitrogens with one attached hydrogen (secondary N) is 1. The van der Waals surface area contributed by atoms with Crippen LogP contribution in [0.3, 0.4) is 0 Å². The fourth-order valence-electron chi connectivity index (χ4n) is 2.74. The quantitative estimate of drug-likeness (QED) is 0.308. The Balaban J connectivity index is 1.52. The number of benzene rings is 2. The van der Waals surface area contributed by atoms with E-state index in [1.165, 1.54) is 0 Å². The molecule has 0 aliphatic rings. The minimum atomic E-state index is -0.0149. The molecule has 0 spiro atoms. The summed E-state index contributed by atoms with van der Waals surface area (Å²) in [6.45, 7) is 0. The second kappa shape index (κ2) is 7.74. The third-order valence-electron chi connectivity index (χ3n) is 4.10. The second-order valence-corrected chi connectivity index (χ2v) is 7.35. The number of pyridine rings is 1. The van der Waals surface area contributed by atoms with Crippen molar-refractivity contribution in [1.29, 1.82) is 0 Å². The van der Waals surface area contributed by atoms with E-state index in [0.29, 0.717) is 10.6 Å². The normalized spacial score (nSPS) is 11.1. The maximum atomic E-state index is 12.3. The van der Waals surface area contributed by atoms with E-state index in [1.807, 2.05) is 72.1 Å². The van der Waals surface area contributed by atoms with Crippen LogP contribution in [-0.4, -0.2) is 10.8 Å². The SMILES string of the molecule is O=C(/C=C/c1cccs1)c1ccc(Nc2ccnc3cc(Cl)ccc23)cc1. The van der Waals surface area contributed by atoms with E-state index in [-0.39, 0.29) is 5.78 Å². The molecule has 0 radical (unpaired) electrons. The van der Waals surface area contributed by atoms with E-state index in [1.54, 1.807) is 23.6 Å². The molecule has 0 unspecified atom stereocenters. The van der Waals surface area contributed by atoms with Gasteiger partial charge in [-0.05, 0) is 72.1 Å². The molecule has 0 atom stereocenters. The molecule has 4 rings (SSSR count). The minimum Gasteiger partial charge on any atom is -0.355 e. The highest BCUT2D eigenvalue weighted by atomic mass is 35.5. The van der Waals surface area contributed by atoms with Crippen molar-refractivity contribution in [3.05, 3.63) is 93.8 Å². The van der Waals surface area contributed by atoms with Crippen molar-refractivity contribution in [3.63, 3.8) is 0 Å². The Morgan fingerprint density at radius 1 is 1.07 bits per heavy atom. The molecule has 1 N–H and O–H groups in total. The fourth-order valence-corrected chi connectivity index (χ4v) is 3.53. The number of aromatic nitrogens is 1. The first kappa shape index (κ1) is 17.5. The summed E-state index contributed by atoms with van der Waals surface area (Å²) in [5, 5.41) is 7.01. The smallest absolute Gasteiger partial charge is 0.185 e. The Morgan fingerprint density at radius 2 is 1.93 bits per heavy atom. The summed E-state index contributed by atoms with van der Waals surface area (Å²) < 4.78 is 0. The number of carbonyl (C=O) groups is 1. The van der Waals surface area contributed by atoms with Crippen molar-refractivity contribution in [2.75, 3.05) is 5.32 Å². The van der Waals surface area contributed by atoms with Crippen LogP contribution >= 0.6 is 22.9 Å². The zero-order chi connectivity index (χ0) is 18.6. The van der Waals surface area contributed by atoms with Crippen LogP contribution in [0.5, 0.6) is 0 Å². The van der Waals surface area contributed by atoms with Gasteiger partial charge in [-0.2, -0.15) is 0 Å². The predicted octanol–water partition coefficient (Wildman–Crippen LogP) is 6.59. The van der Waals surface area contributed by atoms with Crippen LogP contribution in [0.25, 0.3) is 17.0 Å². The summed E-state index contributed by atoms with van der Waals surface area (Å²) in [6.07, 6.45) is 5.19. The van der Waals surface area contributed by atoms with Gasteiger partial charge in [-0.25, -0.2) is 0 Å². The number of hydrogen-bond donors (Lipinski definition) is 1. The maximum Gasteiger partial charge on any atom is 0.185 e. The molecule has 5 heteroatoms. The summed E-state index contributed by atoms with van der Waals surface area (Å²) in [7, 11) is 0. The number of fused-ring (bicyclic) bond motifs is 1. The molecule has 0 fully saturated rings. The number of halogens is 1. The Bertz CT molecular complexity index is 1120. The molecule has 132 valence electrons.